The van der Waals surface area contributed by atoms with E-state index >= 15 is 0 Å². The van der Waals surface area contributed by atoms with Crippen LogP contribution in [0, 0.1) is 13.8 Å². The van der Waals surface area contributed by atoms with Gasteiger partial charge in [0.05, 0.1) is 11.8 Å². The molecule has 1 aliphatic carbocycles. The molecule has 1 aliphatic rings. The van der Waals surface area contributed by atoms with Gasteiger partial charge in [0.15, 0.2) is 0 Å². The Morgan fingerprint density at radius 3 is 2.17 bits per heavy atom. The smallest absolute Gasteiger partial charge is 0.501 e. The highest BCUT2D eigenvalue weighted by atomic mass is 35.5. The third-order valence-electron chi connectivity index (χ3n) is 5.17. The van der Waals surface area contributed by atoms with Crippen LogP contribution in [-0.4, -0.2) is 12.3 Å². The fourth-order valence-corrected chi connectivity index (χ4v) is 3.77. The molecule has 2 aromatic carbocycles. The first-order valence-corrected chi connectivity index (χ1v) is 10.7. The van der Waals surface area contributed by atoms with Crippen LogP contribution in [0.2, 0.25) is 10.0 Å². The fraction of sp³-hybridized carbons (Fsp3) is 0.261. The van der Waals surface area contributed by atoms with Gasteiger partial charge >= 0.3 is 7.32 Å². The molecule has 0 spiro atoms. The van der Waals surface area contributed by atoms with Gasteiger partial charge in [-0.2, -0.15) is 0 Å². The molecule has 30 heavy (non-hydrogen) atoms. The van der Waals surface area contributed by atoms with Crippen molar-refractivity contribution in [3.05, 3.63) is 87.2 Å². The summed E-state index contributed by atoms with van der Waals surface area (Å²) in [6.07, 6.45) is 4.42. The minimum atomic E-state index is -0.986. The first-order chi connectivity index (χ1) is 14.5. The molecule has 7 heteroatoms. The summed E-state index contributed by atoms with van der Waals surface area (Å²) >= 11 is 12.5. The first kappa shape index (κ1) is 21.0. The predicted molar refractivity (Wildman–Crippen MR) is 120 cm³/mol. The van der Waals surface area contributed by atoms with Crippen LogP contribution >= 0.6 is 23.2 Å². The molecule has 1 aromatic heterocycles. The lowest BCUT2D eigenvalue weighted by Gasteiger charge is -2.26. The predicted octanol–water partition coefficient (Wildman–Crippen LogP) is 6.54. The van der Waals surface area contributed by atoms with Gasteiger partial charge in [-0.05, 0) is 80.1 Å². The Hall–Kier alpha value is -2.21. The summed E-state index contributed by atoms with van der Waals surface area (Å²) in [5, 5.41) is 1.24. The van der Waals surface area contributed by atoms with Gasteiger partial charge in [-0.1, -0.05) is 41.4 Å². The Morgan fingerprint density at radius 2 is 1.57 bits per heavy atom. The Bertz CT molecular complexity index is 993. The minimum Gasteiger partial charge on any atom is -0.501 e. The SMILES string of the molecule is Cc1ccc(OB(Oc2ccc(C)c(Cl)c2)OC2CCCc3cccnc32)cc1Cl. The van der Waals surface area contributed by atoms with Crippen molar-refractivity contribution in [1.29, 1.82) is 0 Å². The van der Waals surface area contributed by atoms with Gasteiger partial charge < -0.3 is 14.0 Å². The second kappa shape index (κ2) is 9.30. The van der Waals surface area contributed by atoms with E-state index in [1.54, 1.807) is 18.3 Å². The molecule has 4 rings (SSSR count). The van der Waals surface area contributed by atoms with Crippen LogP contribution < -0.4 is 9.31 Å². The van der Waals surface area contributed by atoms with Crippen LogP contribution in [0.15, 0.2) is 54.7 Å². The van der Waals surface area contributed by atoms with E-state index in [4.69, 9.17) is 37.2 Å². The lowest BCUT2D eigenvalue weighted by Crippen LogP contribution is -2.36. The molecule has 3 aromatic rings. The maximum Gasteiger partial charge on any atom is 0.788 e. The standard InChI is InChI=1S/C23H22BCl2NO3/c1-15-8-10-18(13-20(15)25)28-24(29-19-11-9-16(2)21(26)14-19)30-22-7-3-5-17-6-4-12-27-23(17)22/h4,6,8-14,22H,3,5,7H2,1-2H3. The highest BCUT2D eigenvalue weighted by Crippen LogP contribution is 2.33. The van der Waals surface area contributed by atoms with E-state index in [-0.39, 0.29) is 6.10 Å². The van der Waals surface area contributed by atoms with Crippen molar-refractivity contribution in [2.24, 2.45) is 0 Å². The van der Waals surface area contributed by atoms with Crippen molar-refractivity contribution in [3.63, 3.8) is 0 Å². The molecule has 1 atom stereocenters. The van der Waals surface area contributed by atoms with Gasteiger partial charge in [0.25, 0.3) is 0 Å². The van der Waals surface area contributed by atoms with Crippen LogP contribution in [0.5, 0.6) is 11.5 Å². The second-order valence-electron chi connectivity index (χ2n) is 7.41. The van der Waals surface area contributed by atoms with Crippen molar-refractivity contribution in [3.8, 4) is 11.5 Å². The molecular formula is C23H22BCl2NO3. The number of halogens is 2. The van der Waals surface area contributed by atoms with Gasteiger partial charge in [0, 0.05) is 16.2 Å². The van der Waals surface area contributed by atoms with E-state index in [1.165, 1.54) is 5.56 Å². The number of hydrogen-bond donors (Lipinski definition) is 0. The van der Waals surface area contributed by atoms with Crippen LogP contribution in [0.4, 0.5) is 0 Å². The van der Waals surface area contributed by atoms with Gasteiger partial charge in [0.1, 0.15) is 11.5 Å². The summed E-state index contributed by atoms with van der Waals surface area (Å²) in [7, 11) is -0.986. The molecule has 0 amide bonds. The van der Waals surface area contributed by atoms with E-state index in [9.17, 15) is 0 Å². The summed E-state index contributed by atoms with van der Waals surface area (Å²) in [6.45, 7) is 3.88. The highest BCUT2D eigenvalue weighted by Gasteiger charge is 2.34. The topological polar surface area (TPSA) is 40.6 Å². The van der Waals surface area contributed by atoms with E-state index in [0.717, 1.165) is 36.1 Å². The summed E-state index contributed by atoms with van der Waals surface area (Å²) in [4.78, 5) is 4.54. The van der Waals surface area contributed by atoms with E-state index in [2.05, 4.69) is 11.1 Å². The Kier molecular flexibility index (Phi) is 6.52. The molecule has 0 saturated carbocycles. The summed E-state index contributed by atoms with van der Waals surface area (Å²) < 4.78 is 18.4. The number of nitrogens with zero attached hydrogens (tertiary/aromatic N) is 1. The summed E-state index contributed by atoms with van der Waals surface area (Å²) in [5.41, 5.74) is 4.07. The van der Waals surface area contributed by atoms with Gasteiger partial charge in [-0.3, -0.25) is 4.98 Å². The van der Waals surface area contributed by atoms with Crippen LogP contribution in [0.3, 0.4) is 0 Å². The molecule has 1 unspecified atom stereocenters. The molecule has 4 nitrogen and oxygen atoms in total. The number of benzene rings is 2. The number of fused-ring (bicyclic) bond motifs is 1. The zero-order valence-corrected chi connectivity index (χ0v) is 18.4. The molecule has 1 heterocycles. The van der Waals surface area contributed by atoms with Crippen LogP contribution in [-0.2, 0) is 11.1 Å². The van der Waals surface area contributed by atoms with Gasteiger partial charge in [-0.25, -0.2) is 0 Å². The molecular weight excluding hydrogens is 420 g/mol. The maximum atomic E-state index is 6.27. The molecule has 0 radical (unpaired) electrons. The molecule has 154 valence electrons. The first-order valence-electron chi connectivity index (χ1n) is 9.94. The molecule has 0 saturated heterocycles. The number of aryl methyl sites for hydroxylation is 3. The van der Waals surface area contributed by atoms with Crippen LogP contribution in [0.1, 0.15) is 41.3 Å². The Balaban J connectivity index is 1.59. The zero-order valence-electron chi connectivity index (χ0n) is 16.9. The van der Waals surface area contributed by atoms with Gasteiger partial charge in [0.2, 0.25) is 0 Å². The van der Waals surface area contributed by atoms with Crippen molar-refractivity contribution in [1.82, 2.24) is 4.98 Å². The minimum absolute atomic E-state index is 0.221. The lowest BCUT2D eigenvalue weighted by atomic mass is 9.93. The number of rotatable bonds is 6. The average molecular weight is 442 g/mol. The van der Waals surface area contributed by atoms with Crippen LogP contribution in [0.25, 0.3) is 0 Å². The third kappa shape index (κ3) is 4.92. The van der Waals surface area contributed by atoms with E-state index in [1.807, 2.05) is 44.2 Å². The Morgan fingerprint density at radius 1 is 0.933 bits per heavy atom. The van der Waals surface area contributed by atoms with Gasteiger partial charge in [-0.15, -0.1) is 0 Å². The average Bonchev–Trinajstić information content (AvgIpc) is 2.74. The highest BCUT2D eigenvalue weighted by molar-refractivity contribution is 6.39. The molecule has 0 aliphatic heterocycles. The normalized spacial score (nSPS) is 15.4. The summed E-state index contributed by atoms with van der Waals surface area (Å²) in [6, 6.07) is 15.0. The summed E-state index contributed by atoms with van der Waals surface area (Å²) in [5.74, 6) is 1.12. The molecule has 0 fully saturated rings. The van der Waals surface area contributed by atoms with Crippen molar-refractivity contribution in [2.45, 2.75) is 39.2 Å². The largest absolute Gasteiger partial charge is 0.788 e. The monoisotopic (exact) mass is 441 g/mol. The number of pyridine rings is 1. The van der Waals surface area contributed by atoms with Crippen molar-refractivity contribution < 1.29 is 14.0 Å². The zero-order chi connectivity index (χ0) is 21.1. The molecule has 0 bridgehead atoms. The number of hydrogen-bond acceptors (Lipinski definition) is 4. The number of aromatic nitrogens is 1. The third-order valence-corrected chi connectivity index (χ3v) is 5.98. The van der Waals surface area contributed by atoms with E-state index in [0.29, 0.717) is 21.5 Å². The lowest BCUT2D eigenvalue weighted by molar-refractivity contribution is 0.112. The fourth-order valence-electron chi connectivity index (χ4n) is 3.43. The second-order valence-corrected chi connectivity index (χ2v) is 8.23. The van der Waals surface area contributed by atoms with Crippen molar-refractivity contribution in [2.75, 3.05) is 0 Å². The quantitative estimate of drug-likeness (QED) is 0.407. The molecule has 0 N–H and O–H groups in total. The maximum absolute atomic E-state index is 6.27. The Labute approximate surface area is 187 Å². The van der Waals surface area contributed by atoms with Crippen molar-refractivity contribution >= 4 is 30.5 Å². The van der Waals surface area contributed by atoms with E-state index < -0.39 is 7.32 Å².